The zero-order chi connectivity index (χ0) is 13.7. The largest absolute Gasteiger partial charge is 0.264 e. The van der Waals surface area contributed by atoms with Gasteiger partial charge >= 0.3 is 0 Å². The third-order valence-electron chi connectivity index (χ3n) is 2.94. The molecule has 0 aliphatic heterocycles. The highest BCUT2D eigenvalue weighted by Crippen LogP contribution is 2.21. The standard InChI is InChI=1S/C16H22N2/c1-11(2)13(5)16(12(3)4)18-14(6)15-8-7-9-17-10-15/h7-10,12H,1H2,2-6H3/b16-13+,18-14?. The van der Waals surface area contributed by atoms with Crippen LogP contribution in [-0.2, 0) is 0 Å². The Bertz CT molecular complexity index is 479. The van der Waals surface area contributed by atoms with E-state index >= 15 is 0 Å². The molecular formula is C16H22N2. The van der Waals surface area contributed by atoms with Gasteiger partial charge in [0.2, 0.25) is 0 Å². The Kier molecular flexibility index (Phi) is 5.02. The molecule has 2 nitrogen and oxygen atoms in total. The Morgan fingerprint density at radius 1 is 1.28 bits per heavy atom. The van der Waals surface area contributed by atoms with Crippen molar-refractivity contribution in [3.8, 4) is 0 Å². The average Bonchev–Trinajstić information content (AvgIpc) is 2.35. The lowest BCUT2D eigenvalue weighted by molar-refractivity contribution is 0.746. The summed E-state index contributed by atoms with van der Waals surface area (Å²) < 4.78 is 0. The number of nitrogens with zero attached hydrogens (tertiary/aromatic N) is 2. The SMILES string of the molecule is C=C(C)/C(C)=C(/N=C(C)c1cccnc1)C(C)C. The highest BCUT2D eigenvalue weighted by molar-refractivity contribution is 5.99. The van der Waals surface area contributed by atoms with Crippen molar-refractivity contribution in [2.75, 3.05) is 0 Å². The van der Waals surface area contributed by atoms with Crippen LogP contribution in [0.15, 0.2) is 52.9 Å². The summed E-state index contributed by atoms with van der Waals surface area (Å²) >= 11 is 0. The van der Waals surface area contributed by atoms with Crippen LogP contribution in [0.3, 0.4) is 0 Å². The van der Waals surface area contributed by atoms with Crippen LogP contribution in [0.2, 0.25) is 0 Å². The van der Waals surface area contributed by atoms with Gasteiger partial charge in [-0.25, -0.2) is 0 Å². The first kappa shape index (κ1) is 14.4. The number of aliphatic imine (C=N–C) groups is 1. The molecule has 0 saturated carbocycles. The predicted octanol–water partition coefficient (Wildman–Crippen LogP) is 4.40. The minimum atomic E-state index is 0.383. The van der Waals surface area contributed by atoms with Gasteiger partial charge in [-0.2, -0.15) is 0 Å². The van der Waals surface area contributed by atoms with Crippen molar-refractivity contribution >= 4 is 5.71 Å². The number of allylic oxidation sites excluding steroid dienone is 3. The maximum Gasteiger partial charge on any atom is 0.0463 e. The normalized spacial score (nSPS) is 13.6. The molecule has 0 saturated heterocycles. The molecule has 2 heteroatoms. The van der Waals surface area contributed by atoms with Gasteiger partial charge in [-0.1, -0.05) is 32.1 Å². The van der Waals surface area contributed by atoms with Gasteiger partial charge in [0.05, 0.1) is 0 Å². The van der Waals surface area contributed by atoms with E-state index in [1.807, 2.05) is 32.2 Å². The van der Waals surface area contributed by atoms with E-state index in [4.69, 9.17) is 4.99 Å². The summed E-state index contributed by atoms with van der Waals surface area (Å²) in [6.45, 7) is 14.4. The molecule has 0 unspecified atom stereocenters. The fourth-order valence-electron chi connectivity index (χ4n) is 1.69. The molecule has 18 heavy (non-hydrogen) atoms. The van der Waals surface area contributed by atoms with Crippen molar-refractivity contribution in [1.82, 2.24) is 4.98 Å². The first-order valence-electron chi connectivity index (χ1n) is 6.25. The third kappa shape index (κ3) is 3.66. The van der Waals surface area contributed by atoms with Crippen LogP contribution in [0.1, 0.15) is 40.2 Å². The fourth-order valence-corrected chi connectivity index (χ4v) is 1.69. The van der Waals surface area contributed by atoms with E-state index < -0.39 is 0 Å². The van der Waals surface area contributed by atoms with Gasteiger partial charge in [-0.3, -0.25) is 9.98 Å². The summed E-state index contributed by atoms with van der Waals surface area (Å²) in [6.07, 6.45) is 3.61. The quantitative estimate of drug-likeness (QED) is 0.567. The molecule has 0 atom stereocenters. The molecule has 0 fully saturated rings. The minimum absolute atomic E-state index is 0.383. The Balaban J connectivity index is 3.19. The maximum atomic E-state index is 4.76. The second kappa shape index (κ2) is 6.29. The van der Waals surface area contributed by atoms with Crippen LogP contribution in [0.25, 0.3) is 0 Å². The van der Waals surface area contributed by atoms with E-state index in [0.717, 1.165) is 22.5 Å². The summed E-state index contributed by atoms with van der Waals surface area (Å²) in [6, 6.07) is 3.96. The lowest BCUT2D eigenvalue weighted by Gasteiger charge is -2.13. The van der Waals surface area contributed by atoms with Gasteiger partial charge in [0.15, 0.2) is 0 Å². The van der Waals surface area contributed by atoms with E-state index in [1.165, 1.54) is 5.57 Å². The molecule has 0 N–H and O–H groups in total. The summed E-state index contributed by atoms with van der Waals surface area (Å²) in [5.41, 5.74) is 5.40. The number of rotatable bonds is 4. The zero-order valence-electron chi connectivity index (χ0n) is 12.0. The molecule has 0 aromatic carbocycles. The monoisotopic (exact) mass is 242 g/mol. The smallest absolute Gasteiger partial charge is 0.0463 e. The Labute approximate surface area is 110 Å². The van der Waals surface area contributed by atoms with Gasteiger partial charge < -0.3 is 0 Å². The molecule has 0 bridgehead atoms. The highest BCUT2D eigenvalue weighted by atomic mass is 14.8. The van der Waals surface area contributed by atoms with Crippen molar-refractivity contribution in [2.45, 2.75) is 34.6 Å². The van der Waals surface area contributed by atoms with Gasteiger partial charge in [-0.05, 0) is 38.3 Å². The third-order valence-corrected chi connectivity index (χ3v) is 2.94. The van der Waals surface area contributed by atoms with Crippen molar-refractivity contribution in [3.05, 3.63) is 53.5 Å². The summed E-state index contributed by atoms with van der Waals surface area (Å²) in [4.78, 5) is 8.89. The lowest BCUT2D eigenvalue weighted by atomic mass is 10.0. The Hall–Kier alpha value is -1.70. The van der Waals surface area contributed by atoms with Gasteiger partial charge in [0.25, 0.3) is 0 Å². The molecule has 1 aromatic heterocycles. The zero-order valence-corrected chi connectivity index (χ0v) is 12.0. The molecule has 0 radical (unpaired) electrons. The topological polar surface area (TPSA) is 25.2 Å². The molecule has 0 amide bonds. The molecule has 1 heterocycles. The van der Waals surface area contributed by atoms with E-state index in [0.29, 0.717) is 5.92 Å². The van der Waals surface area contributed by atoms with Crippen LogP contribution in [0.4, 0.5) is 0 Å². The van der Waals surface area contributed by atoms with Gasteiger partial charge in [0.1, 0.15) is 0 Å². The molecule has 1 aromatic rings. The number of hydrogen-bond acceptors (Lipinski definition) is 2. The Morgan fingerprint density at radius 2 is 1.94 bits per heavy atom. The molecule has 0 aliphatic rings. The number of aromatic nitrogens is 1. The summed E-state index contributed by atoms with van der Waals surface area (Å²) in [5.74, 6) is 0.383. The van der Waals surface area contributed by atoms with Crippen molar-refractivity contribution in [3.63, 3.8) is 0 Å². The van der Waals surface area contributed by atoms with Crippen molar-refractivity contribution in [1.29, 1.82) is 0 Å². The number of pyridine rings is 1. The minimum Gasteiger partial charge on any atom is -0.264 e. The van der Waals surface area contributed by atoms with Crippen LogP contribution in [0.5, 0.6) is 0 Å². The predicted molar refractivity (Wildman–Crippen MR) is 78.8 cm³/mol. The highest BCUT2D eigenvalue weighted by Gasteiger charge is 2.08. The summed E-state index contributed by atoms with van der Waals surface area (Å²) in [7, 11) is 0. The van der Waals surface area contributed by atoms with E-state index in [2.05, 4.69) is 32.3 Å². The molecular weight excluding hydrogens is 220 g/mol. The van der Waals surface area contributed by atoms with E-state index in [9.17, 15) is 0 Å². The molecule has 96 valence electrons. The number of hydrogen-bond donors (Lipinski definition) is 0. The second-order valence-electron chi connectivity index (χ2n) is 4.88. The molecule has 0 aliphatic carbocycles. The second-order valence-corrected chi connectivity index (χ2v) is 4.88. The first-order valence-corrected chi connectivity index (χ1v) is 6.25. The van der Waals surface area contributed by atoms with E-state index in [-0.39, 0.29) is 0 Å². The van der Waals surface area contributed by atoms with Crippen LogP contribution < -0.4 is 0 Å². The Morgan fingerprint density at radius 3 is 2.39 bits per heavy atom. The van der Waals surface area contributed by atoms with Gasteiger partial charge in [-0.15, -0.1) is 0 Å². The lowest BCUT2D eigenvalue weighted by Crippen LogP contribution is -2.02. The molecule has 0 spiro atoms. The van der Waals surface area contributed by atoms with Crippen LogP contribution in [0, 0.1) is 5.92 Å². The summed E-state index contributed by atoms with van der Waals surface area (Å²) in [5, 5.41) is 0. The van der Waals surface area contributed by atoms with E-state index in [1.54, 1.807) is 6.20 Å². The fraction of sp³-hybridized carbons (Fsp3) is 0.375. The van der Waals surface area contributed by atoms with Crippen molar-refractivity contribution < 1.29 is 0 Å². The first-order chi connectivity index (χ1) is 8.43. The van der Waals surface area contributed by atoms with Crippen LogP contribution >= 0.6 is 0 Å². The molecule has 1 rings (SSSR count). The van der Waals surface area contributed by atoms with Gasteiger partial charge in [0, 0.05) is 29.4 Å². The van der Waals surface area contributed by atoms with Crippen molar-refractivity contribution in [2.24, 2.45) is 10.9 Å². The maximum absolute atomic E-state index is 4.76. The van der Waals surface area contributed by atoms with Crippen LogP contribution in [-0.4, -0.2) is 10.7 Å². The average molecular weight is 242 g/mol.